The molecule has 18 heavy (non-hydrogen) atoms. The van der Waals surface area contributed by atoms with Crippen LogP contribution >= 0.6 is 0 Å². The van der Waals surface area contributed by atoms with Gasteiger partial charge in [0.15, 0.2) is 0 Å². The fourth-order valence-corrected chi connectivity index (χ4v) is 1.53. The molecule has 0 aromatic carbocycles. The third kappa shape index (κ3) is 7.07. The van der Waals surface area contributed by atoms with Crippen molar-refractivity contribution in [2.24, 2.45) is 5.14 Å². The summed E-state index contributed by atoms with van der Waals surface area (Å²) in [6, 6.07) is -0.645. The number of sulfonamides is 1. The quantitative estimate of drug-likeness (QED) is 0.605. The second-order valence-electron chi connectivity index (χ2n) is 4.75. The zero-order chi connectivity index (χ0) is 14.6. The topological polar surface area (TPSA) is 130 Å². The number of carboxylic acid groups (broad SMARTS) is 1. The third-order valence-electron chi connectivity index (χ3n) is 2.01. The Bertz CT molecular complexity index is 412. The molecule has 0 aliphatic heterocycles. The monoisotopic (exact) mass is 281 g/mol. The van der Waals surface area contributed by atoms with Crippen LogP contribution in [0, 0.1) is 0 Å². The fourth-order valence-electron chi connectivity index (χ4n) is 1.14. The summed E-state index contributed by atoms with van der Waals surface area (Å²) in [7, 11) is -3.65. The first kappa shape index (κ1) is 16.6. The molecule has 0 saturated carbocycles. The highest BCUT2D eigenvalue weighted by molar-refractivity contribution is 7.89. The second kappa shape index (κ2) is 6.01. The Morgan fingerprint density at radius 3 is 2.17 bits per heavy atom. The molecular formula is C9H19N3O5S. The smallest absolute Gasteiger partial charge is 0.323 e. The van der Waals surface area contributed by atoms with Crippen LogP contribution in [0.2, 0.25) is 0 Å². The average molecular weight is 281 g/mol. The Morgan fingerprint density at radius 2 is 1.83 bits per heavy atom. The van der Waals surface area contributed by atoms with E-state index >= 15 is 0 Å². The van der Waals surface area contributed by atoms with Gasteiger partial charge in [-0.05, 0) is 20.8 Å². The molecule has 106 valence electrons. The number of carboxylic acids is 1. The highest BCUT2D eigenvalue weighted by Gasteiger charge is 2.28. The number of aliphatic carboxylic acids is 1. The molecule has 0 fully saturated rings. The number of carbonyl (C=O) groups excluding carboxylic acids is 1. The lowest BCUT2D eigenvalue weighted by molar-refractivity contribution is -0.138. The average Bonchev–Trinajstić information content (AvgIpc) is 2.09. The van der Waals surface area contributed by atoms with E-state index in [1.54, 1.807) is 20.8 Å². The SMILES string of the molecule is CC(C)(C)N(CC(=O)O)C(=O)NCCS(N)(=O)=O. The van der Waals surface area contributed by atoms with Crippen molar-refractivity contribution < 1.29 is 23.1 Å². The molecule has 0 bridgehead atoms. The van der Waals surface area contributed by atoms with Gasteiger partial charge in [0.05, 0.1) is 5.75 Å². The van der Waals surface area contributed by atoms with Crippen LogP contribution in [0.5, 0.6) is 0 Å². The number of nitrogens with zero attached hydrogens (tertiary/aromatic N) is 1. The summed E-state index contributed by atoms with van der Waals surface area (Å²) in [5.41, 5.74) is -0.690. The first-order valence-corrected chi connectivity index (χ1v) is 6.93. The van der Waals surface area contributed by atoms with Crippen LogP contribution in [-0.2, 0) is 14.8 Å². The zero-order valence-electron chi connectivity index (χ0n) is 10.6. The molecule has 0 heterocycles. The number of rotatable bonds is 5. The molecule has 8 nitrogen and oxygen atoms in total. The normalized spacial score (nSPS) is 12.0. The lowest BCUT2D eigenvalue weighted by atomic mass is 10.1. The molecule has 0 spiro atoms. The molecule has 0 aromatic heterocycles. The molecular weight excluding hydrogens is 262 g/mol. The van der Waals surface area contributed by atoms with Gasteiger partial charge in [-0.1, -0.05) is 0 Å². The van der Waals surface area contributed by atoms with Crippen LogP contribution in [-0.4, -0.2) is 54.8 Å². The van der Waals surface area contributed by atoms with E-state index in [1.807, 2.05) is 0 Å². The number of carbonyl (C=O) groups is 2. The summed E-state index contributed by atoms with van der Waals surface area (Å²) in [4.78, 5) is 23.5. The maximum absolute atomic E-state index is 11.7. The largest absolute Gasteiger partial charge is 0.480 e. The van der Waals surface area contributed by atoms with E-state index in [4.69, 9.17) is 10.2 Å². The summed E-state index contributed by atoms with van der Waals surface area (Å²) in [5.74, 6) is -1.55. The molecule has 0 aliphatic carbocycles. The van der Waals surface area contributed by atoms with Crippen molar-refractivity contribution in [1.82, 2.24) is 10.2 Å². The van der Waals surface area contributed by atoms with E-state index in [2.05, 4.69) is 5.32 Å². The minimum atomic E-state index is -3.65. The van der Waals surface area contributed by atoms with Crippen molar-refractivity contribution in [3.05, 3.63) is 0 Å². The second-order valence-corrected chi connectivity index (χ2v) is 6.48. The van der Waals surface area contributed by atoms with E-state index in [0.29, 0.717) is 0 Å². The van der Waals surface area contributed by atoms with Crippen molar-refractivity contribution in [1.29, 1.82) is 0 Å². The van der Waals surface area contributed by atoms with E-state index in [0.717, 1.165) is 4.90 Å². The highest BCUT2D eigenvalue weighted by atomic mass is 32.2. The predicted molar refractivity (Wildman–Crippen MR) is 65.5 cm³/mol. The summed E-state index contributed by atoms with van der Waals surface area (Å²) in [5, 5.41) is 15.8. The van der Waals surface area contributed by atoms with Crippen molar-refractivity contribution in [2.45, 2.75) is 26.3 Å². The van der Waals surface area contributed by atoms with Crippen LogP contribution in [0.25, 0.3) is 0 Å². The molecule has 0 rings (SSSR count). The van der Waals surface area contributed by atoms with Crippen LogP contribution in [0.3, 0.4) is 0 Å². The van der Waals surface area contributed by atoms with Crippen molar-refractivity contribution in [3.8, 4) is 0 Å². The number of urea groups is 1. The van der Waals surface area contributed by atoms with Gasteiger partial charge in [0.1, 0.15) is 6.54 Å². The van der Waals surface area contributed by atoms with Gasteiger partial charge in [0.2, 0.25) is 10.0 Å². The van der Waals surface area contributed by atoms with Crippen LogP contribution < -0.4 is 10.5 Å². The predicted octanol–water partition coefficient (Wildman–Crippen LogP) is -0.830. The Balaban J connectivity index is 4.54. The first-order chi connectivity index (χ1) is 7.93. The van der Waals surface area contributed by atoms with Crippen LogP contribution in [0.15, 0.2) is 0 Å². The van der Waals surface area contributed by atoms with Gasteiger partial charge in [-0.15, -0.1) is 0 Å². The van der Waals surface area contributed by atoms with Crippen molar-refractivity contribution >= 4 is 22.0 Å². The van der Waals surface area contributed by atoms with Gasteiger partial charge < -0.3 is 15.3 Å². The summed E-state index contributed by atoms with van der Waals surface area (Å²) >= 11 is 0. The summed E-state index contributed by atoms with van der Waals surface area (Å²) in [6.07, 6.45) is 0. The first-order valence-electron chi connectivity index (χ1n) is 5.21. The Morgan fingerprint density at radius 1 is 1.33 bits per heavy atom. The van der Waals surface area contributed by atoms with E-state index in [1.165, 1.54) is 0 Å². The number of amides is 2. The lowest BCUT2D eigenvalue weighted by Gasteiger charge is -2.34. The van der Waals surface area contributed by atoms with Gasteiger partial charge >= 0.3 is 12.0 Å². The summed E-state index contributed by atoms with van der Waals surface area (Å²) < 4.78 is 21.4. The van der Waals surface area contributed by atoms with Crippen LogP contribution in [0.1, 0.15) is 20.8 Å². The van der Waals surface area contributed by atoms with Crippen molar-refractivity contribution in [3.63, 3.8) is 0 Å². The lowest BCUT2D eigenvalue weighted by Crippen LogP contribution is -2.53. The molecule has 0 saturated heterocycles. The number of primary sulfonamides is 1. The van der Waals surface area contributed by atoms with Gasteiger partial charge in [0.25, 0.3) is 0 Å². The van der Waals surface area contributed by atoms with Gasteiger partial charge in [-0.2, -0.15) is 0 Å². The zero-order valence-corrected chi connectivity index (χ0v) is 11.5. The van der Waals surface area contributed by atoms with Gasteiger partial charge in [-0.3, -0.25) is 4.79 Å². The van der Waals surface area contributed by atoms with E-state index in [-0.39, 0.29) is 6.54 Å². The Labute approximate surface area is 106 Å². The number of nitrogens with one attached hydrogen (secondary N) is 1. The molecule has 4 N–H and O–H groups in total. The molecule has 0 radical (unpaired) electrons. The highest BCUT2D eigenvalue weighted by Crippen LogP contribution is 2.12. The molecule has 0 unspecified atom stereocenters. The summed E-state index contributed by atoms with van der Waals surface area (Å²) in [6.45, 7) is 4.40. The maximum Gasteiger partial charge on any atom is 0.323 e. The van der Waals surface area contributed by atoms with Gasteiger partial charge in [-0.25, -0.2) is 18.4 Å². The number of hydrogen-bond donors (Lipinski definition) is 3. The minimum Gasteiger partial charge on any atom is -0.480 e. The fraction of sp³-hybridized carbons (Fsp3) is 0.778. The van der Waals surface area contributed by atoms with Gasteiger partial charge in [0, 0.05) is 12.1 Å². The molecule has 9 heteroatoms. The third-order valence-corrected chi connectivity index (χ3v) is 2.78. The maximum atomic E-state index is 11.7. The molecule has 2 amide bonds. The van der Waals surface area contributed by atoms with E-state index in [9.17, 15) is 18.0 Å². The number of hydrogen-bond acceptors (Lipinski definition) is 4. The molecule has 0 atom stereocenters. The Kier molecular flexibility index (Phi) is 5.55. The molecule has 0 aliphatic rings. The molecule has 0 aromatic rings. The standard InChI is InChI=1S/C9H19N3O5S/c1-9(2,3)12(6-7(13)14)8(15)11-4-5-18(10,16)17/h4-6H2,1-3H3,(H,11,15)(H,13,14)(H2,10,16,17). The Hall–Kier alpha value is -1.35. The number of nitrogens with two attached hydrogens (primary N) is 1. The minimum absolute atomic E-state index is 0.163. The van der Waals surface area contributed by atoms with Crippen LogP contribution in [0.4, 0.5) is 4.79 Å². The van der Waals surface area contributed by atoms with E-state index < -0.39 is 39.9 Å². The van der Waals surface area contributed by atoms with Crippen molar-refractivity contribution in [2.75, 3.05) is 18.8 Å².